The van der Waals surface area contributed by atoms with Gasteiger partial charge in [0.2, 0.25) is 0 Å². The molecule has 2 N–H and O–H groups in total. The Labute approximate surface area is 98.3 Å². The van der Waals surface area contributed by atoms with Crippen molar-refractivity contribution in [1.82, 2.24) is 5.32 Å². The Morgan fingerprint density at radius 1 is 1.38 bits per heavy atom. The fourth-order valence-electron chi connectivity index (χ4n) is 1.12. The van der Waals surface area contributed by atoms with Crippen molar-refractivity contribution in [2.24, 2.45) is 0 Å². The van der Waals surface area contributed by atoms with Gasteiger partial charge in [0.1, 0.15) is 0 Å². The molecular formula is C12H23NO3. The van der Waals surface area contributed by atoms with Gasteiger partial charge in [-0.15, -0.1) is 12.3 Å². The first-order valence-electron chi connectivity index (χ1n) is 5.79. The molecule has 0 aliphatic carbocycles. The van der Waals surface area contributed by atoms with Crippen molar-refractivity contribution in [3.63, 3.8) is 0 Å². The van der Waals surface area contributed by atoms with Gasteiger partial charge in [0.25, 0.3) is 0 Å². The van der Waals surface area contributed by atoms with Gasteiger partial charge in [0, 0.05) is 19.6 Å². The van der Waals surface area contributed by atoms with Gasteiger partial charge in [-0.3, -0.25) is 0 Å². The van der Waals surface area contributed by atoms with E-state index in [0.717, 1.165) is 19.4 Å². The zero-order valence-corrected chi connectivity index (χ0v) is 10.1. The minimum absolute atomic E-state index is 0.342. The average Bonchev–Trinajstić information content (AvgIpc) is 2.28. The molecule has 0 fully saturated rings. The normalized spacial score (nSPS) is 12.3. The fraction of sp³-hybridized carbons (Fsp3) is 0.833. The number of hydrogen-bond donors (Lipinski definition) is 2. The molecule has 0 saturated carbocycles. The molecule has 0 aliphatic rings. The van der Waals surface area contributed by atoms with Gasteiger partial charge in [-0.2, -0.15) is 0 Å². The lowest BCUT2D eigenvalue weighted by Crippen LogP contribution is -2.31. The van der Waals surface area contributed by atoms with Crippen LogP contribution in [0.1, 0.15) is 19.8 Å². The quantitative estimate of drug-likeness (QED) is 0.398. The SMILES string of the molecule is C#CCCCNCC(O)COCCOCC. The Morgan fingerprint density at radius 3 is 2.81 bits per heavy atom. The van der Waals surface area contributed by atoms with Crippen LogP contribution in [0, 0.1) is 12.3 Å². The van der Waals surface area contributed by atoms with Crippen molar-refractivity contribution in [2.45, 2.75) is 25.9 Å². The topological polar surface area (TPSA) is 50.7 Å². The van der Waals surface area contributed by atoms with Crippen molar-refractivity contribution in [2.75, 3.05) is 39.5 Å². The lowest BCUT2D eigenvalue weighted by atomic mass is 10.3. The molecule has 0 amide bonds. The second kappa shape index (κ2) is 12.5. The maximum absolute atomic E-state index is 9.49. The molecule has 0 radical (unpaired) electrons. The Bertz CT molecular complexity index is 180. The van der Waals surface area contributed by atoms with Crippen LogP contribution in [0.15, 0.2) is 0 Å². The second-order valence-electron chi connectivity index (χ2n) is 3.44. The van der Waals surface area contributed by atoms with Gasteiger partial charge < -0.3 is 19.9 Å². The number of nitrogens with one attached hydrogen (secondary N) is 1. The smallest absolute Gasteiger partial charge is 0.0897 e. The van der Waals surface area contributed by atoms with Crippen LogP contribution in [0.4, 0.5) is 0 Å². The van der Waals surface area contributed by atoms with Crippen LogP contribution in [0.2, 0.25) is 0 Å². The highest BCUT2D eigenvalue weighted by molar-refractivity contribution is 4.83. The van der Waals surface area contributed by atoms with Crippen LogP contribution >= 0.6 is 0 Å². The summed E-state index contributed by atoms with van der Waals surface area (Å²) in [5, 5.41) is 12.6. The summed E-state index contributed by atoms with van der Waals surface area (Å²) in [6.07, 6.45) is 6.36. The second-order valence-corrected chi connectivity index (χ2v) is 3.44. The Morgan fingerprint density at radius 2 is 2.12 bits per heavy atom. The number of aliphatic hydroxyl groups is 1. The number of ether oxygens (including phenoxy) is 2. The molecule has 94 valence electrons. The summed E-state index contributed by atoms with van der Waals surface area (Å²) < 4.78 is 10.3. The lowest BCUT2D eigenvalue weighted by molar-refractivity contribution is 0.00656. The molecule has 0 aromatic rings. The largest absolute Gasteiger partial charge is 0.389 e. The summed E-state index contributed by atoms with van der Waals surface area (Å²) in [5.74, 6) is 2.57. The van der Waals surface area contributed by atoms with Crippen molar-refractivity contribution >= 4 is 0 Å². The van der Waals surface area contributed by atoms with E-state index in [2.05, 4.69) is 11.2 Å². The van der Waals surface area contributed by atoms with Crippen molar-refractivity contribution in [3.8, 4) is 12.3 Å². The van der Waals surface area contributed by atoms with E-state index in [-0.39, 0.29) is 0 Å². The summed E-state index contributed by atoms with van der Waals surface area (Å²) in [5.41, 5.74) is 0. The fourth-order valence-corrected chi connectivity index (χ4v) is 1.12. The molecule has 0 aromatic heterocycles. The minimum atomic E-state index is -0.465. The van der Waals surface area contributed by atoms with Gasteiger partial charge in [0.05, 0.1) is 25.9 Å². The molecule has 4 heteroatoms. The van der Waals surface area contributed by atoms with E-state index in [1.54, 1.807) is 0 Å². The zero-order valence-electron chi connectivity index (χ0n) is 10.1. The minimum Gasteiger partial charge on any atom is -0.389 e. The number of rotatable bonds is 11. The van der Waals surface area contributed by atoms with Crippen LogP contribution in [-0.4, -0.2) is 50.7 Å². The monoisotopic (exact) mass is 229 g/mol. The highest BCUT2D eigenvalue weighted by Gasteiger charge is 2.02. The van der Waals surface area contributed by atoms with Crippen molar-refractivity contribution in [3.05, 3.63) is 0 Å². The van der Waals surface area contributed by atoms with E-state index in [1.807, 2.05) is 6.92 Å². The van der Waals surface area contributed by atoms with E-state index in [1.165, 1.54) is 0 Å². The van der Waals surface area contributed by atoms with Crippen molar-refractivity contribution in [1.29, 1.82) is 0 Å². The molecular weight excluding hydrogens is 206 g/mol. The van der Waals surface area contributed by atoms with Crippen LogP contribution in [0.25, 0.3) is 0 Å². The van der Waals surface area contributed by atoms with Crippen LogP contribution in [0.3, 0.4) is 0 Å². The van der Waals surface area contributed by atoms with E-state index < -0.39 is 6.10 Å². The third kappa shape index (κ3) is 11.5. The van der Waals surface area contributed by atoms with Gasteiger partial charge >= 0.3 is 0 Å². The molecule has 0 saturated heterocycles. The van der Waals surface area contributed by atoms with Crippen LogP contribution < -0.4 is 5.32 Å². The highest BCUT2D eigenvalue weighted by Crippen LogP contribution is 1.87. The lowest BCUT2D eigenvalue weighted by Gasteiger charge is -2.12. The Kier molecular flexibility index (Phi) is 12.0. The van der Waals surface area contributed by atoms with Crippen LogP contribution in [-0.2, 0) is 9.47 Å². The Balaban J connectivity index is 3.12. The van der Waals surface area contributed by atoms with E-state index in [9.17, 15) is 5.11 Å². The molecule has 0 heterocycles. The summed E-state index contributed by atoms with van der Waals surface area (Å²) in [6.45, 7) is 5.47. The summed E-state index contributed by atoms with van der Waals surface area (Å²) in [6, 6.07) is 0. The summed E-state index contributed by atoms with van der Waals surface area (Å²) >= 11 is 0. The van der Waals surface area contributed by atoms with Gasteiger partial charge in [-0.1, -0.05) is 0 Å². The molecule has 4 nitrogen and oxygen atoms in total. The van der Waals surface area contributed by atoms with E-state index in [0.29, 0.717) is 33.0 Å². The highest BCUT2D eigenvalue weighted by atomic mass is 16.5. The first-order chi connectivity index (χ1) is 7.81. The molecule has 0 rings (SSSR count). The predicted octanol–water partition coefficient (Wildman–Crippen LogP) is 0.403. The molecule has 0 aliphatic heterocycles. The molecule has 16 heavy (non-hydrogen) atoms. The molecule has 1 atom stereocenters. The van der Waals surface area contributed by atoms with Gasteiger partial charge in [-0.05, 0) is 19.9 Å². The van der Waals surface area contributed by atoms with Crippen molar-refractivity contribution < 1.29 is 14.6 Å². The maximum Gasteiger partial charge on any atom is 0.0897 e. The van der Waals surface area contributed by atoms with E-state index >= 15 is 0 Å². The third-order valence-electron chi connectivity index (χ3n) is 1.94. The molecule has 0 aromatic carbocycles. The first kappa shape index (κ1) is 15.4. The number of hydrogen-bond acceptors (Lipinski definition) is 4. The molecule has 0 spiro atoms. The number of terminal acetylenes is 1. The van der Waals surface area contributed by atoms with Gasteiger partial charge in [0.15, 0.2) is 0 Å². The third-order valence-corrected chi connectivity index (χ3v) is 1.94. The first-order valence-corrected chi connectivity index (χ1v) is 5.79. The van der Waals surface area contributed by atoms with Crippen LogP contribution in [0.5, 0.6) is 0 Å². The molecule has 1 unspecified atom stereocenters. The maximum atomic E-state index is 9.49. The predicted molar refractivity (Wildman–Crippen MR) is 64.3 cm³/mol. The standard InChI is InChI=1S/C12H23NO3/c1-3-5-6-7-13-10-12(14)11-16-9-8-15-4-2/h1,12-14H,4-11H2,2H3. The number of unbranched alkanes of at least 4 members (excludes halogenated alkanes) is 1. The summed E-state index contributed by atoms with van der Waals surface area (Å²) in [7, 11) is 0. The molecule has 0 bridgehead atoms. The summed E-state index contributed by atoms with van der Waals surface area (Å²) in [4.78, 5) is 0. The average molecular weight is 229 g/mol. The number of aliphatic hydroxyl groups excluding tert-OH is 1. The Hall–Kier alpha value is -0.600. The zero-order chi connectivity index (χ0) is 12.1. The van der Waals surface area contributed by atoms with Gasteiger partial charge in [-0.25, -0.2) is 0 Å². The van der Waals surface area contributed by atoms with E-state index in [4.69, 9.17) is 15.9 Å².